The van der Waals surface area contributed by atoms with Gasteiger partial charge in [-0.3, -0.25) is 0 Å². The second-order valence-corrected chi connectivity index (χ2v) is 4.88. The molecule has 0 amide bonds. The van der Waals surface area contributed by atoms with Crippen molar-refractivity contribution in [1.82, 2.24) is 0 Å². The molecule has 0 atom stereocenters. The number of rotatable bonds is 3. The van der Waals surface area contributed by atoms with Gasteiger partial charge in [0, 0.05) is 15.5 Å². The Labute approximate surface area is 106 Å². The molecule has 2 rings (SSSR count). The van der Waals surface area contributed by atoms with Crippen LogP contribution in [-0.4, -0.2) is 7.11 Å². The van der Waals surface area contributed by atoms with Gasteiger partial charge in [0.1, 0.15) is 5.75 Å². The molecule has 2 N–H and O–H groups in total. The van der Waals surface area contributed by atoms with Crippen molar-refractivity contribution in [1.29, 1.82) is 0 Å². The minimum atomic E-state index is 0.848. The Morgan fingerprint density at radius 2 is 1.88 bits per heavy atom. The first-order chi connectivity index (χ1) is 8.20. The molecule has 0 aliphatic rings. The fourth-order valence-electron chi connectivity index (χ4n) is 1.53. The van der Waals surface area contributed by atoms with Crippen LogP contribution < -0.4 is 10.5 Å². The Balaban J connectivity index is 2.28. The SMILES string of the molecule is COc1cccc(Sc2cccc(C)c2N)c1. The van der Waals surface area contributed by atoms with E-state index in [4.69, 9.17) is 10.5 Å². The van der Waals surface area contributed by atoms with Gasteiger partial charge in [-0.05, 0) is 36.8 Å². The standard InChI is InChI=1S/C14H15NOS/c1-10-5-3-8-13(14(10)15)17-12-7-4-6-11(9-12)16-2/h3-9H,15H2,1-2H3. The van der Waals surface area contributed by atoms with Gasteiger partial charge in [0.25, 0.3) is 0 Å². The Morgan fingerprint density at radius 1 is 1.12 bits per heavy atom. The molecule has 2 nitrogen and oxygen atoms in total. The smallest absolute Gasteiger partial charge is 0.119 e. The average molecular weight is 245 g/mol. The monoisotopic (exact) mass is 245 g/mol. The van der Waals surface area contributed by atoms with E-state index in [2.05, 4.69) is 6.07 Å². The van der Waals surface area contributed by atoms with E-state index in [0.717, 1.165) is 26.8 Å². The minimum Gasteiger partial charge on any atom is -0.497 e. The molecule has 0 fully saturated rings. The first kappa shape index (κ1) is 11.9. The maximum Gasteiger partial charge on any atom is 0.119 e. The lowest BCUT2D eigenvalue weighted by molar-refractivity contribution is 0.413. The first-order valence-corrected chi connectivity index (χ1v) is 6.19. The van der Waals surface area contributed by atoms with Crippen molar-refractivity contribution in [3.63, 3.8) is 0 Å². The lowest BCUT2D eigenvalue weighted by Gasteiger charge is -2.08. The van der Waals surface area contributed by atoms with E-state index in [1.807, 2.05) is 43.3 Å². The summed E-state index contributed by atoms with van der Waals surface area (Å²) in [6.45, 7) is 2.02. The zero-order valence-electron chi connectivity index (χ0n) is 9.94. The van der Waals surface area contributed by atoms with Crippen LogP contribution in [0.25, 0.3) is 0 Å². The topological polar surface area (TPSA) is 35.2 Å². The molecule has 0 unspecified atom stereocenters. The van der Waals surface area contributed by atoms with Crippen LogP contribution in [0.15, 0.2) is 52.3 Å². The molecule has 0 radical (unpaired) electrons. The van der Waals surface area contributed by atoms with Crippen molar-refractivity contribution in [3.8, 4) is 5.75 Å². The number of nitrogens with two attached hydrogens (primary N) is 1. The average Bonchev–Trinajstić information content (AvgIpc) is 2.35. The van der Waals surface area contributed by atoms with Gasteiger partial charge in [0.15, 0.2) is 0 Å². The Hall–Kier alpha value is -1.61. The molecule has 0 saturated carbocycles. The van der Waals surface area contributed by atoms with E-state index >= 15 is 0 Å². The fourth-order valence-corrected chi connectivity index (χ4v) is 2.53. The van der Waals surface area contributed by atoms with Crippen LogP contribution in [0.1, 0.15) is 5.56 Å². The number of aryl methyl sites for hydroxylation is 1. The number of ether oxygens (including phenoxy) is 1. The Bertz CT molecular complexity index is 525. The number of hydrogen-bond donors (Lipinski definition) is 1. The number of nitrogen functional groups attached to an aromatic ring is 1. The molecule has 0 saturated heterocycles. The number of methoxy groups -OCH3 is 1. The normalized spacial score (nSPS) is 10.2. The van der Waals surface area contributed by atoms with Crippen molar-refractivity contribution < 1.29 is 4.74 Å². The van der Waals surface area contributed by atoms with Gasteiger partial charge in [-0.15, -0.1) is 0 Å². The van der Waals surface area contributed by atoms with Gasteiger partial charge < -0.3 is 10.5 Å². The second-order valence-electron chi connectivity index (χ2n) is 3.77. The summed E-state index contributed by atoms with van der Waals surface area (Å²) in [4.78, 5) is 2.21. The Morgan fingerprint density at radius 3 is 2.65 bits per heavy atom. The van der Waals surface area contributed by atoms with Crippen molar-refractivity contribution in [2.45, 2.75) is 16.7 Å². The predicted molar refractivity (Wildman–Crippen MR) is 72.7 cm³/mol. The van der Waals surface area contributed by atoms with Crippen LogP contribution in [0.4, 0.5) is 5.69 Å². The van der Waals surface area contributed by atoms with E-state index in [1.54, 1.807) is 18.9 Å². The summed E-state index contributed by atoms with van der Waals surface area (Å²) in [7, 11) is 1.67. The third-order valence-electron chi connectivity index (χ3n) is 2.55. The van der Waals surface area contributed by atoms with E-state index in [9.17, 15) is 0 Å². The zero-order valence-corrected chi connectivity index (χ0v) is 10.8. The van der Waals surface area contributed by atoms with Crippen LogP contribution in [0.2, 0.25) is 0 Å². The summed E-state index contributed by atoms with van der Waals surface area (Å²) < 4.78 is 5.20. The molecule has 0 bridgehead atoms. The molecular formula is C14H15NOS. The lowest BCUT2D eigenvalue weighted by Crippen LogP contribution is -1.91. The van der Waals surface area contributed by atoms with Crippen molar-refractivity contribution in [2.75, 3.05) is 12.8 Å². The maximum absolute atomic E-state index is 6.05. The summed E-state index contributed by atoms with van der Waals surface area (Å²) in [5, 5.41) is 0. The van der Waals surface area contributed by atoms with Crippen LogP contribution >= 0.6 is 11.8 Å². The molecule has 0 aliphatic heterocycles. The van der Waals surface area contributed by atoms with Gasteiger partial charge in [-0.2, -0.15) is 0 Å². The summed E-state index contributed by atoms with van der Waals surface area (Å²) in [6.07, 6.45) is 0. The van der Waals surface area contributed by atoms with E-state index in [1.165, 1.54) is 0 Å². The minimum absolute atomic E-state index is 0.848. The van der Waals surface area contributed by atoms with E-state index in [0.29, 0.717) is 0 Å². The van der Waals surface area contributed by atoms with E-state index in [-0.39, 0.29) is 0 Å². The summed E-state index contributed by atoms with van der Waals surface area (Å²) in [5.41, 5.74) is 8.01. The number of para-hydroxylation sites is 1. The van der Waals surface area contributed by atoms with Gasteiger partial charge in [-0.25, -0.2) is 0 Å². The summed E-state index contributed by atoms with van der Waals surface area (Å²) in [6, 6.07) is 14.0. The highest BCUT2D eigenvalue weighted by Crippen LogP contribution is 2.34. The molecule has 88 valence electrons. The van der Waals surface area contributed by atoms with E-state index < -0.39 is 0 Å². The number of hydrogen-bond acceptors (Lipinski definition) is 3. The van der Waals surface area contributed by atoms with Gasteiger partial charge in [0.2, 0.25) is 0 Å². The van der Waals surface area contributed by atoms with Crippen LogP contribution in [0, 0.1) is 6.92 Å². The zero-order chi connectivity index (χ0) is 12.3. The maximum atomic E-state index is 6.05. The molecule has 0 spiro atoms. The molecule has 17 heavy (non-hydrogen) atoms. The summed E-state index contributed by atoms with van der Waals surface area (Å²) >= 11 is 1.65. The van der Waals surface area contributed by atoms with Gasteiger partial charge in [-0.1, -0.05) is 30.0 Å². The molecule has 0 aromatic heterocycles. The molecular weight excluding hydrogens is 230 g/mol. The number of anilines is 1. The fraction of sp³-hybridized carbons (Fsp3) is 0.143. The first-order valence-electron chi connectivity index (χ1n) is 5.37. The van der Waals surface area contributed by atoms with Crippen LogP contribution in [-0.2, 0) is 0 Å². The third-order valence-corrected chi connectivity index (χ3v) is 3.62. The second kappa shape index (κ2) is 5.15. The van der Waals surface area contributed by atoms with Crippen molar-refractivity contribution >= 4 is 17.4 Å². The molecule has 0 aliphatic carbocycles. The van der Waals surface area contributed by atoms with Crippen molar-refractivity contribution in [2.24, 2.45) is 0 Å². The molecule has 3 heteroatoms. The predicted octanol–water partition coefficient (Wildman–Crippen LogP) is 3.74. The van der Waals surface area contributed by atoms with Gasteiger partial charge >= 0.3 is 0 Å². The largest absolute Gasteiger partial charge is 0.497 e. The third kappa shape index (κ3) is 2.74. The highest BCUT2D eigenvalue weighted by molar-refractivity contribution is 7.99. The molecule has 0 heterocycles. The lowest BCUT2D eigenvalue weighted by atomic mass is 10.2. The number of benzene rings is 2. The highest BCUT2D eigenvalue weighted by atomic mass is 32.2. The van der Waals surface area contributed by atoms with Crippen LogP contribution in [0.3, 0.4) is 0 Å². The molecule has 2 aromatic carbocycles. The quantitative estimate of drug-likeness (QED) is 0.837. The van der Waals surface area contributed by atoms with Crippen molar-refractivity contribution in [3.05, 3.63) is 48.0 Å². The van der Waals surface area contributed by atoms with Crippen LogP contribution in [0.5, 0.6) is 5.75 Å². The molecule has 2 aromatic rings. The highest BCUT2D eigenvalue weighted by Gasteiger charge is 2.04. The van der Waals surface area contributed by atoms with Gasteiger partial charge in [0.05, 0.1) is 7.11 Å². The summed E-state index contributed by atoms with van der Waals surface area (Å²) in [5.74, 6) is 0.862. The Kier molecular flexibility index (Phi) is 3.59.